The molecule has 5 nitrogen and oxygen atoms in total. The lowest BCUT2D eigenvalue weighted by atomic mass is 9.84. The summed E-state index contributed by atoms with van der Waals surface area (Å²) in [5, 5.41) is 3.09. The van der Waals surface area contributed by atoms with Crippen LogP contribution in [0.1, 0.15) is 42.5 Å². The zero-order valence-electron chi connectivity index (χ0n) is 12.4. The number of rotatable bonds is 4. The molecule has 6 heteroatoms. The van der Waals surface area contributed by atoms with E-state index in [0.29, 0.717) is 29.5 Å². The predicted octanol–water partition coefficient (Wildman–Crippen LogP) is 2.82. The van der Waals surface area contributed by atoms with Gasteiger partial charge in [0, 0.05) is 18.2 Å². The molecule has 120 valence electrons. The molecular weight excluding hydrogens is 348 g/mol. The highest BCUT2D eigenvalue weighted by atomic mass is 79.9. The Morgan fingerprint density at radius 2 is 2.09 bits per heavy atom. The summed E-state index contributed by atoms with van der Waals surface area (Å²) in [6.45, 7) is 0.661. The Bertz CT molecular complexity index is 559. The maximum atomic E-state index is 12.5. The number of amides is 1. The van der Waals surface area contributed by atoms with Crippen molar-refractivity contribution in [2.75, 3.05) is 13.3 Å². The summed E-state index contributed by atoms with van der Waals surface area (Å²) >= 11 is 3.42. The summed E-state index contributed by atoms with van der Waals surface area (Å²) in [6.07, 6.45) is 6.04. The van der Waals surface area contributed by atoms with Crippen LogP contribution >= 0.6 is 15.9 Å². The monoisotopic (exact) mass is 368 g/mol. The third kappa shape index (κ3) is 3.22. The van der Waals surface area contributed by atoms with E-state index in [4.69, 9.17) is 15.2 Å². The number of carbonyl (C=O) groups excluding carboxylic acids is 1. The maximum absolute atomic E-state index is 12.5. The van der Waals surface area contributed by atoms with Crippen molar-refractivity contribution in [2.45, 2.75) is 38.1 Å². The van der Waals surface area contributed by atoms with Gasteiger partial charge in [-0.2, -0.15) is 0 Å². The van der Waals surface area contributed by atoms with Crippen LogP contribution in [0.3, 0.4) is 0 Å². The Balaban J connectivity index is 1.72. The molecular formula is C16H21BrN2O3. The van der Waals surface area contributed by atoms with Crippen LogP contribution in [0.15, 0.2) is 16.6 Å². The molecule has 1 saturated carbocycles. The topological polar surface area (TPSA) is 73.6 Å². The van der Waals surface area contributed by atoms with E-state index in [9.17, 15) is 4.79 Å². The number of nitrogens with one attached hydrogen (secondary N) is 1. The standard InChI is InChI=1S/C16H21BrN2O3/c17-12-6-11(7-14-15(12)22-9-21-14)16(20)19-13(8-18)10-4-2-1-3-5-10/h6-7,10,13H,1-5,8-9,18H2,(H,19,20). The number of benzene rings is 1. The SMILES string of the molecule is NCC(NC(=O)c1cc(Br)c2c(c1)OCO2)C1CCCCC1. The average molecular weight is 369 g/mol. The first-order chi connectivity index (χ1) is 10.7. The van der Waals surface area contributed by atoms with Crippen LogP contribution in [0.4, 0.5) is 0 Å². The van der Waals surface area contributed by atoms with E-state index >= 15 is 0 Å². The Morgan fingerprint density at radius 1 is 1.32 bits per heavy atom. The summed E-state index contributed by atoms with van der Waals surface area (Å²) in [6, 6.07) is 3.52. The summed E-state index contributed by atoms with van der Waals surface area (Å²) in [7, 11) is 0. The highest BCUT2D eigenvalue weighted by Gasteiger charge is 2.26. The number of ether oxygens (including phenoxy) is 2. The fourth-order valence-electron chi connectivity index (χ4n) is 3.26. The highest BCUT2D eigenvalue weighted by molar-refractivity contribution is 9.10. The third-order valence-electron chi connectivity index (χ3n) is 4.48. The fourth-order valence-corrected chi connectivity index (χ4v) is 3.81. The summed E-state index contributed by atoms with van der Waals surface area (Å²) in [4.78, 5) is 12.5. The van der Waals surface area contributed by atoms with Crippen LogP contribution in [0, 0.1) is 5.92 Å². The molecule has 1 atom stereocenters. The molecule has 1 aliphatic carbocycles. The first-order valence-electron chi connectivity index (χ1n) is 7.79. The van der Waals surface area contributed by atoms with E-state index in [1.165, 1.54) is 19.3 Å². The van der Waals surface area contributed by atoms with E-state index < -0.39 is 0 Å². The minimum absolute atomic E-state index is 0.0389. The van der Waals surface area contributed by atoms with E-state index in [1.807, 2.05) is 0 Å². The zero-order chi connectivity index (χ0) is 15.5. The molecule has 1 aliphatic heterocycles. The molecule has 22 heavy (non-hydrogen) atoms. The van der Waals surface area contributed by atoms with E-state index in [2.05, 4.69) is 21.2 Å². The summed E-state index contributed by atoms with van der Waals surface area (Å²) in [5.41, 5.74) is 6.44. The molecule has 1 heterocycles. The minimum atomic E-state index is -0.111. The second kappa shape index (κ2) is 6.87. The molecule has 1 fully saturated rings. The van der Waals surface area contributed by atoms with Gasteiger partial charge in [-0.05, 0) is 46.8 Å². The third-order valence-corrected chi connectivity index (χ3v) is 5.07. The molecule has 1 aromatic carbocycles. The molecule has 0 aromatic heterocycles. The number of hydrogen-bond donors (Lipinski definition) is 2. The molecule has 3 N–H and O–H groups in total. The lowest BCUT2D eigenvalue weighted by molar-refractivity contribution is 0.0915. The molecule has 1 aromatic rings. The Hall–Kier alpha value is -1.27. The van der Waals surface area contributed by atoms with Gasteiger partial charge in [0.15, 0.2) is 11.5 Å². The second-order valence-electron chi connectivity index (χ2n) is 5.91. The van der Waals surface area contributed by atoms with Crippen molar-refractivity contribution < 1.29 is 14.3 Å². The predicted molar refractivity (Wildman–Crippen MR) is 87.1 cm³/mol. The molecule has 0 saturated heterocycles. The van der Waals surface area contributed by atoms with Gasteiger partial charge in [0.05, 0.1) is 4.47 Å². The molecule has 3 rings (SSSR count). The molecule has 2 aliphatic rings. The Labute approximate surface area is 138 Å². The lowest BCUT2D eigenvalue weighted by Crippen LogP contribution is -2.45. The number of carbonyl (C=O) groups is 1. The van der Waals surface area contributed by atoms with Crippen LogP contribution in [0.25, 0.3) is 0 Å². The van der Waals surface area contributed by atoms with Crippen molar-refractivity contribution in [1.29, 1.82) is 0 Å². The van der Waals surface area contributed by atoms with Crippen LogP contribution in [-0.4, -0.2) is 25.3 Å². The van der Waals surface area contributed by atoms with Crippen molar-refractivity contribution in [3.63, 3.8) is 0 Å². The quantitative estimate of drug-likeness (QED) is 0.856. The van der Waals surface area contributed by atoms with Crippen molar-refractivity contribution in [2.24, 2.45) is 11.7 Å². The Kier molecular flexibility index (Phi) is 4.88. The van der Waals surface area contributed by atoms with Gasteiger partial charge in [-0.15, -0.1) is 0 Å². The van der Waals surface area contributed by atoms with Crippen molar-refractivity contribution in [3.05, 3.63) is 22.2 Å². The van der Waals surface area contributed by atoms with Crippen LogP contribution in [0.5, 0.6) is 11.5 Å². The normalized spacial score (nSPS) is 19.0. The number of hydrogen-bond acceptors (Lipinski definition) is 4. The van der Waals surface area contributed by atoms with E-state index in [0.717, 1.165) is 17.3 Å². The molecule has 0 bridgehead atoms. The summed E-state index contributed by atoms with van der Waals surface area (Å²) in [5.74, 6) is 1.63. The van der Waals surface area contributed by atoms with Crippen LogP contribution in [0.2, 0.25) is 0 Å². The van der Waals surface area contributed by atoms with Gasteiger partial charge in [0.1, 0.15) is 0 Å². The molecule has 0 spiro atoms. The fraction of sp³-hybridized carbons (Fsp3) is 0.562. The van der Waals surface area contributed by atoms with Gasteiger partial charge in [0.2, 0.25) is 6.79 Å². The van der Waals surface area contributed by atoms with Gasteiger partial charge < -0.3 is 20.5 Å². The summed E-state index contributed by atoms with van der Waals surface area (Å²) < 4.78 is 11.4. The second-order valence-corrected chi connectivity index (χ2v) is 6.76. The van der Waals surface area contributed by atoms with E-state index in [-0.39, 0.29) is 18.7 Å². The van der Waals surface area contributed by atoms with Gasteiger partial charge in [-0.3, -0.25) is 4.79 Å². The van der Waals surface area contributed by atoms with Gasteiger partial charge in [-0.25, -0.2) is 0 Å². The van der Waals surface area contributed by atoms with Crippen molar-refractivity contribution in [3.8, 4) is 11.5 Å². The molecule has 0 radical (unpaired) electrons. The first-order valence-corrected chi connectivity index (χ1v) is 8.58. The molecule has 1 unspecified atom stereocenters. The van der Waals surface area contributed by atoms with Crippen molar-refractivity contribution in [1.82, 2.24) is 5.32 Å². The van der Waals surface area contributed by atoms with Crippen LogP contribution in [-0.2, 0) is 0 Å². The smallest absolute Gasteiger partial charge is 0.251 e. The van der Waals surface area contributed by atoms with Gasteiger partial charge in [-0.1, -0.05) is 19.3 Å². The number of fused-ring (bicyclic) bond motifs is 1. The molecule has 1 amide bonds. The largest absolute Gasteiger partial charge is 0.454 e. The highest BCUT2D eigenvalue weighted by Crippen LogP contribution is 2.40. The van der Waals surface area contributed by atoms with Crippen LogP contribution < -0.4 is 20.5 Å². The maximum Gasteiger partial charge on any atom is 0.251 e. The first kappa shape index (κ1) is 15.6. The van der Waals surface area contributed by atoms with Crippen molar-refractivity contribution >= 4 is 21.8 Å². The zero-order valence-corrected chi connectivity index (χ0v) is 14.0. The Morgan fingerprint density at radius 3 is 2.82 bits per heavy atom. The average Bonchev–Trinajstić information content (AvgIpc) is 3.02. The van der Waals surface area contributed by atoms with E-state index in [1.54, 1.807) is 12.1 Å². The number of halogens is 1. The lowest BCUT2D eigenvalue weighted by Gasteiger charge is -2.30. The number of nitrogens with two attached hydrogens (primary N) is 1. The van der Waals surface area contributed by atoms with Gasteiger partial charge >= 0.3 is 0 Å². The minimum Gasteiger partial charge on any atom is -0.454 e. The van der Waals surface area contributed by atoms with Gasteiger partial charge in [0.25, 0.3) is 5.91 Å².